The van der Waals surface area contributed by atoms with E-state index in [4.69, 9.17) is 9.47 Å². The topological polar surface area (TPSA) is 93.6 Å². The van der Waals surface area contributed by atoms with E-state index in [9.17, 15) is 9.90 Å². The Bertz CT molecular complexity index is 1430. The molecule has 0 aliphatic carbocycles. The number of amides is 1. The summed E-state index contributed by atoms with van der Waals surface area (Å²) in [6.45, 7) is 6.15. The van der Waals surface area contributed by atoms with E-state index in [2.05, 4.69) is 58.8 Å². The Hall–Kier alpha value is -3.08. The molecule has 1 aliphatic rings. The number of aromatic nitrogens is 2. The lowest BCUT2D eigenvalue weighted by atomic mass is 9.91. The quantitative estimate of drug-likeness (QED) is 0.229. The van der Waals surface area contributed by atoms with E-state index in [1.807, 2.05) is 43.3 Å². The zero-order valence-electron chi connectivity index (χ0n) is 22.7. The van der Waals surface area contributed by atoms with Gasteiger partial charge in [-0.15, -0.1) is 10.2 Å². The maximum Gasteiger partial charge on any atom is 0.217 e. The average molecular weight is 576 g/mol. The first-order valence-corrected chi connectivity index (χ1v) is 15.1. The third-order valence-corrected chi connectivity index (χ3v) is 9.05. The van der Waals surface area contributed by atoms with Crippen LogP contribution in [0.1, 0.15) is 53.5 Å². The predicted molar refractivity (Wildman–Crippen MR) is 158 cm³/mol. The Kier molecular flexibility index (Phi) is 9.29. The highest BCUT2D eigenvalue weighted by Crippen LogP contribution is 2.43. The van der Waals surface area contributed by atoms with E-state index in [1.165, 1.54) is 6.92 Å². The number of aliphatic hydroxyl groups excluding tert-OH is 1. The molecule has 0 unspecified atom stereocenters. The summed E-state index contributed by atoms with van der Waals surface area (Å²) >= 11 is 3.25. The number of benzene rings is 3. The molecule has 2 N–H and O–H groups in total. The second kappa shape index (κ2) is 13.1. The molecule has 2 heterocycles. The molecule has 4 atom stereocenters. The van der Waals surface area contributed by atoms with E-state index < -0.39 is 6.29 Å². The highest BCUT2D eigenvalue weighted by atomic mass is 32.2. The average Bonchev–Trinajstić information content (AvgIpc) is 3.40. The zero-order chi connectivity index (χ0) is 28.1. The fourth-order valence-electron chi connectivity index (χ4n) is 4.72. The molecular formula is C31H33N3O4S2. The first-order chi connectivity index (χ1) is 19.4. The number of nitrogens with zero attached hydrogens (tertiary/aromatic N) is 2. The number of rotatable bonds is 9. The molecular weight excluding hydrogens is 542 g/mol. The summed E-state index contributed by atoms with van der Waals surface area (Å²) in [5, 5.41) is 21.7. The van der Waals surface area contributed by atoms with Crippen molar-refractivity contribution >= 4 is 29.0 Å². The van der Waals surface area contributed by atoms with Crippen LogP contribution >= 0.6 is 23.1 Å². The standard InChI is InChI=1S/C31H33N3O4S2/c1-19-28(18-39-31-34-33-21(3)40-31)37-30(38-29(19)25-9-7-22(17-35)8-10-25)26-13-11-24(12-14-26)27-6-4-5-23(15-27)16-32-20(2)36/h4-15,19,28-30,35H,16-18H2,1-3H3,(H,32,36)/t19-,28+,29+,30+/m0/s1. The molecule has 1 amide bonds. The first-order valence-electron chi connectivity index (χ1n) is 13.3. The number of carbonyl (C=O) groups excluding carboxylic acids is 1. The lowest BCUT2D eigenvalue weighted by Gasteiger charge is -2.41. The third kappa shape index (κ3) is 6.97. The Morgan fingerprint density at radius 3 is 2.40 bits per heavy atom. The maximum absolute atomic E-state index is 11.3. The number of carbonyl (C=O) groups is 1. The molecule has 7 nitrogen and oxygen atoms in total. The van der Waals surface area contributed by atoms with E-state index in [0.717, 1.165) is 48.5 Å². The SMILES string of the molecule is CC(=O)NCc1cccc(-c2ccc([C@@H]3O[C@H](CSc4nnc(C)s4)[C@H](C)[C@H](c4ccc(CO)cc4)O3)cc2)c1. The molecule has 0 saturated carbocycles. The third-order valence-electron chi connectivity index (χ3n) is 6.99. The fourth-order valence-corrected chi connectivity index (χ4v) is 6.73. The van der Waals surface area contributed by atoms with E-state index in [0.29, 0.717) is 6.54 Å². The van der Waals surface area contributed by atoms with Crippen LogP contribution in [-0.2, 0) is 27.4 Å². The van der Waals surface area contributed by atoms with Crippen molar-refractivity contribution in [2.24, 2.45) is 5.92 Å². The van der Waals surface area contributed by atoms with Crippen molar-refractivity contribution in [3.8, 4) is 11.1 Å². The van der Waals surface area contributed by atoms with Gasteiger partial charge in [-0.05, 0) is 40.8 Å². The Balaban J connectivity index is 1.36. The van der Waals surface area contributed by atoms with Crippen molar-refractivity contribution in [3.05, 3.63) is 100 Å². The second-order valence-electron chi connectivity index (χ2n) is 9.95. The molecule has 0 spiro atoms. The van der Waals surface area contributed by atoms with Gasteiger partial charge in [-0.25, -0.2) is 0 Å². The minimum absolute atomic E-state index is 0.0100. The summed E-state index contributed by atoms with van der Waals surface area (Å²) in [5.74, 6) is 0.790. The highest BCUT2D eigenvalue weighted by Gasteiger charge is 2.38. The molecule has 1 fully saturated rings. The summed E-state index contributed by atoms with van der Waals surface area (Å²) in [6, 6.07) is 24.4. The number of ether oxygens (including phenoxy) is 2. The molecule has 9 heteroatoms. The molecule has 40 heavy (non-hydrogen) atoms. The van der Waals surface area contributed by atoms with Gasteiger partial charge in [0.1, 0.15) is 5.01 Å². The maximum atomic E-state index is 11.3. The highest BCUT2D eigenvalue weighted by molar-refractivity contribution is 8.01. The van der Waals surface area contributed by atoms with Crippen molar-refractivity contribution < 1.29 is 19.4 Å². The molecule has 0 bridgehead atoms. The number of aryl methyl sites for hydroxylation is 1. The Morgan fingerprint density at radius 2 is 1.73 bits per heavy atom. The van der Waals surface area contributed by atoms with Crippen LogP contribution in [0.25, 0.3) is 11.1 Å². The largest absolute Gasteiger partial charge is 0.392 e. The number of aliphatic hydroxyl groups is 1. The monoisotopic (exact) mass is 575 g/mol. The molecule has 0 radical (unpaired) electrons. The normalized spacial score (nSPS) is 20.8. The first kappa shape index (κ1) is 28.4. The van der Waals surface area contributed by atoms with Gasteiger partial charge in [0.2, 0.25) is 5.91 Å². The van der Waals surface area contributed by atoms with Crippen molar-refractivity contribution in [3.63, 3.8) is 0 Å². The van der Waals surface area contributed by atoms with Crippen LogP contribution in [0.3, 0.4) is 0 Å². The molecule has 4 aromatic rings. The predicted octanol–water partition coefficient (Wildman–Crippen LogP) is 6.23. The number of thioether (sulfide) groups is 1. The van der Waals surface area contributed by atoms with Crippen LogP contribution in [0.4, 0.5) is 0 Å². The number of hydrogen-bond acceptors (Lipinski definition) is 8. The zero-order valence-corrected chi connectivity index (χ0v) is 24.4. The van der Waals surface area contributed by atoms with Gasteiger partial charge in [0, 0.05) is 30.7 Å². The van der Waals surface area contributed by atoms with Crippen LogP contribution in [-0.4, -0.2) is 33.1 Å². The Morgan fingerprint density at radius 1 is 0.975 bits per heavy atom. The summed E-state index contributed by atoms with van der Waals surface area (Å²) in [5.41, 5.74) is 6.09. The van der Waals surface area contributed by atoms with Crippen LogP contribution < -0.4 is 5.32 Å². The van der Waals surface area contributed by atoms with E-state index in [-0.39, 0.29) is 30.6 Å². The van der Waals surface area contributed by atoms with Gasteiger partial charge in [0.15, 0.2) is 10.6 Å². The smallest absolute Gasteiger partial charge is 0.217 e. The van der Waals surface area contributed by atoms with Crippen molar-refractivity contribution in [2.75, 3.05) is 5.75 Å². The summed E-state index contributed by atoms with van der Waals surface area (Å²) in [6.07, 6.45) is -0.764. The van der Waals surface area contributed by atoms with Crippen molar-refractivity contribution in [1.29, 1.82) is 0 Å². The lowest BCUT2D eigenvalue weighted by molar-refractivity contribution is -0.268. The molecule has 1 aromatic heterocycles. The molecule has 1 aliphatic heterocycles. The number of hydrogen-bond donors (Lipinski definition) is 2. The second-order valence-corrected chi connectivity index (χ2v) is 12.4. The fraction of sp³-hybridized carbons (Fsp3) is 0.323. The van der Waals surface area contributed by atoms with Gasteiger partial charge in [-0.2, -0.15) is 0 Å². The summed E-state index contributed by atoms with van der Waals surface area (Å²) in [4.78, 5) is 11.3. The van der Waals surface area contributed by atoms with Crippen LogP contribution in [0.5, 0.6) is 0 Å². The van der Waals surface area contributed by atoms with Crippen molar-refractivity contribution in [2.45, 2.75) is 56.8 Å². The molecule has 208 valence electrons. The van der Waals surface area contributed by atoms with Crippen LogP contribution in [0.15, 0.2) is 77.1 Å². The van der Waals surface area contributed by atoms with Gasteiger partial charge >= 0.3 is 0 Å². The Labute approximate surface area is 243 Å². The molecule has 1 saturated heterocycles. The van der Waals surface area contributed by atoms with E-state index >= 15 is 0 Å². The van der Waals surface area contributed by atoms with Gasteiger partial charge in [-0.3, -0.25) is 4.79 Å². The summed E-state index contributed by atoms with van der Waals surface area (Å²) < 4.78 is 14.1. The van der Waals surface area contributed by atoms with Crippen LogP contribution in [0.2, 0.25) is 0 Å². The minimum atomic E-state index is -0.527. The molecule has 5 rings (SSSR count). The van der Waals surface area contributed by atoms with Gasteiger partial charge in [-0.1, -0.05) is 96.8 Å². The number of nitrogens with one attached hydrogen (secondary N) is 1. The lowest BCUT2D eigenvalue weighted by Crippen LogP contribution is -2.38. The van der Waals surface area contributed by atoms with Crippen LogP contribution in [0, 0.1) is 12.8 Å². The molecule has 3 aromatic carbocycles. The van der Waals surface area contributed by atoms with E-state index in [1.54, 1.807) is 23.1 Å². The van der Waals surface area contributed by atoms with Crippen molar-refractivity contribution in [1.82, 2.24) is 15.5 Å². The van der Waals surface area contributed by atoms with Gasteiger partial charge in [0.05, 0.1) is 18.8 Å². The summed E-state index contributed by atoms with van der Waals surface area (Å²) in [7, 11) is 0. The minimum Gasteiger partial charge on any atom is -0.392 e. The van der Waals surface area contributed by atoms with Gasteiger partial charge in [0.25, 0.3) is 0 Å². The van der Waals surface area contributed by atoms with Gasteiger partial charge < -0.3 is 19.9 Å².